The van der Waals surface area contributed by atoms with Gasteiger partial charge in [0.05, 0.1) is 18.3 Å². The van der Waals surface area contributed by atoms with Crippen molar-refractivity contribution >= 4 is 11.3 Å². The lowest BCUT2D eigenvalue weighted by Gasteiger charge is -1.94. The molecule has 0 fully saturated rings. The summed E-state index contributed by atoms with van der Waals surface area (Å²) in [6.07, 6.45) is 1.76. The summed E-state index contributed by atoms with van der Waals surface area (Å²) in [6, 6.07) is 0. The molecule has 0 saturated carbocycles. The molecule has 0 radical (unpaired) electrons. The van der Waals surface area contributed by atoms with Crippen molar-refractivity contribution in [1.29, 1.82) is 0 Å². The van der Waals surface area contributed by atoms with Gasteiger partial charge in [0.2, 0.25) is 0 Å². The molecule has 0 aliphatic heterocycles. The lowest BCUT2D eigenvalue weighted by Crippen LogP contribution is -1.81. The van der Waals surface area contributed by atoms with E-state index in [9.17, 15) is 0 Å². The Kier molecular flexibility index (Phi) is 2.27. The molecule has 0 aliphatic rings. The van der Waals surface area contributed by atoms with Gasteiger partial charge in [-0.3, -0.25) is 0 Å². The highest BCUT2D eigenvalue weighted by atomic mass is 32.1. The Bertz CT molecular complexity index is 207. The van der Waals surface area contributed by atoms with Gasteiger partial charge in [-0.05, 0) is 0 Å². The molecular weight excluding hydrogens is 146 g/mol. The number of hydrogen-bond donors (Lipinski definition) is 0. The minimum Gasteiger partial charge on any atom is -0.486 e. The maximum absolute atomic E-state index is 5.00. The summed E-state index contributed by atoms with van der Waals surface area (Å²) in [5.41, 5.74) is 0. The first-order chi connectivity index (χ1) is 4.74. The largest absolute Gasteiger partial charge is 0.486 e. The van der Waals surface area contributed by atoms with Gasteiger partial charge in [0, 0.05) is 5.92 Å². The maximum Gasteiger partial charge on any atom is 0.193 e. The van der Waals surface area contributed by atoms with Crippen LogP contribution in [0, 0.1) is 0 Å². The van der Waals surface area contributed by atoms with Gasteiger partial charge in [-0.25, -0.2) is 4.98 Å². The van der Waals surface area contributed by atoms with E-state index in [1.165, 1.54) is 0 Å². The summed E-state index contributed by atoms with van der Waals surface area (Å²) in [5.74, 6) is 0.508. The molecule has 2 nitrogen and oxygen atoms in total. The molecule has 0 aromatic carbocycles. The average Bonchev–Trinajstić information content (AvgIpc) is 2.34. The second kappa shape index (κ2) is 3.01. The zero-order chi connectivity index (χ0) is 7.56. The molecule has 3 heteroatoms. The monoisotopic (exact) mass is 157 g/mol. The Morgan fingerprint density at radius 2 is 2.30 bits per heavy atom. The second-order valence-electron chi connectivity index (χ2n) is 2.38. The van der Waals surface area contributed by atoms with Crippen LogP contribution in [0.1, 0.15) is 24.8 Å². The van der Waals surface area contributed by atoms with Crippen molar-refractivity contribution in [1.82, 2.24) is 4.98 Å². The van der Waals surface area contributed by atoms with Crippen LogP contribution in [0.4, 0.5) is 0 Å². The third-order valence-corrected chi connectivity index (χ3v) is 2.46. The SMILES string of the molecule is COc1cnc(C(C)C)s1. The molecule has 0 amide bonds. The van der Waals surface area contributed by atoms with E-state index in [1.54, 1.807) is 24.6 Å². The Balaban J connectivity index is 2.78. The van der Waals surface area contributed by atoms with Crippen molar-refractivity contribution in [3.05, 3.63) is 11.2 Å². The number of methoxy groups -OCH3 is 1. The minimum absolute atomic E-state index is 0.508. The van der Waals surface area contributed by atoms with Gasteiger partial charge in [-0.1, -0.05) is 25.2 Å². The van der Waals surface area contributed by atoms with Crippen LogP contribution in [0.15, 0.2) is 6.20 Å². The van der Waals surface area contributed by atoms with Gasteiger partial charge < -0.3 is 4.74 Å². The van der Waals surface area contributed by atoms with E-state index in [-0.39, 0.29) is 0 Å². The van der Waals surface area contributed by atoms with Gasteiger partial charge in [0.25, 0.3) is 0 Å². The first kappa shape index (κ1) is 7.54. The third-order valence-electron chi connectivity index (χ3n) is 1.20. The average molecular weight is 157 g/mol. The smallest absolute Gasteiger partial charge is 0.193 e. The van der Waals surface area contributed by atoms with Crippen LogP contribution >= 0.6 is 11.3 Å². The molecule has 56 valence electrons. The van der Waals surface area contributed by atoms with Crippen molar-refractivity contribution in [3.8, 4) is 5.06 Å². The Morgan fingerprint density at radius 1 is 1.60 bits per heavy atom. The Hall–Kier alpha value is -0.570. The van der Waals surface area contributed by atoms with Gasteiger partial charge in [0.15, 0.2) is 5.06 Å². The highest BCUT2D eigenvalue weighted by molar-refractivity contribution is 7.13. The lowest BCUT2D eigenvalue weighted by atomic mass is 10.2. The van der Waals surface area contributed by atoms with Crippen molar-refractivity contribution < 1.29 is 4.74 Å². The predicted octanol–water partition coefficient (Wildman–Crippen LogP) is 2.28. The predicted molar refractivity (Wildman–Crippen MR) is 42.8 cm³/mol. The summed E-state index contributed by atoms with van der Waals surface area (Å²) < 4.78 is 5.00. The normalized spacial score (nSPS) is 10.4. The molecule has 0 spiro atoms. The molecule has 0 atom stereocenters. The van der Waals surface area contributed by atoms with Crippen molar-refractivity contribution in [3.63, 3.8) is 0 Å². The van der Waals surface area contributed by atoms with Crippen LogP contribution in [0.3, 0.4) is 0 Å². The fourth-order valence-electron chi connectivity index (χ4n) is 0.633. The molecule has 1 rings (SSSR count). The summed E-state index contributed by atoms with van der Waals surface area (Å²) in [7, 11) is 1.66. The molecule has 10 heavy (non-hydrogen) atoms. The summed E-state index contributed by atoms with van der Waals surface area (Å²) in [4.78, 5) is 4.18. The Labute approximate surface area is 64.9 Å². The highest BCUT2D eigenvalue weighted by Gasteiger charge is 2.04. The molecule has 0 bridgehead atoms. The van der Waals surface area contributed by atoms with E-state index in [1.807, 2.05) is 0 Å². The van der Waals surface area contributed by atoms with E-state index in [4.69, 9.17) is 4.74 Å². The zero-order valence-electron chi connectivity index (χ0n) is 6.42. The number of ether oxygens (including phenoxy) is 1. The second-order valence-corrected chi connectivity index (χ2v) is 3.40. The van der Waals surface area contributed by atoms with E-state index in [0.717, 1.165) is 10.1 Å². The molecule has 1 aromatic rings. The molecule has 0 unspecified atom stereocenters. The quantitative estimate of drug-likeness (QED) is 0.657. The molecule has 0 saturated heterocycles. The standard InChI is InChI=1S/C7H11NOS/c1-5(2)7-8-4-6(9-3)10-7/h4-5H,1-3H3. The fraction of sp³-hybridized carbons (Fsp3) is 0.571. The Morgan fingerprint density at radius 3 is 2.60 bits per heavy atom. The van der Waals surface area contributed by atoms with Crippen LogP contribution in [0.2, 0.25) is 0 Å². The van der Waals surface area contributed by atoms with Crippen molar-refractivity contribution in [2.45, 2.75) is 19.8 Å². The van der Waals surface area contributed by atoms with Crippen LogP contribution in [-0.2, 0) is 0 Å². The lowest BCUT2D eigenvalue weighted by molar-refractivity contribution is 0.426. The number of nitrogens with zero attached hydrogens (tertiary/aromatic N) is 1. The molecular formula is C7H11NOS. The zero-order valence-corrected chi connectivity index (χ0v) is 7.23. The summed E-state index contributed by atoms with van der Waals surface area (Å²) >= 11 is 1.61. The minimum atomic E-state index is 0.508. The molecule has 1 aromatic heterocycles. The van der Waals surface area contributed by atoms with Crippen LogP contribution in [0.25, 0.3) is 0 Å². The van der Waals surface area contributed by atoms with Gasteiger partial charge in [0.1, 0.15) is 0 Å². The van der Waals surface area contributed by atoms with Crippen molar-refractivity contribution in [2.75, 3.05) is 7.11 Å². The molecule has 1 heterocycles. The van der Waals surface area contributed by atoms with E-state index < -0.39 is 0 Å². The third kappa shape index (κ3) is 1.48. The van der Waals surface area contributed by atoms with Crippen LogP contribution in [-0.4, -0.2) is 12.1 Å². The fourth-order valence-corrected chi connectivity index (χ4v) is 1.37. The summed E-state index contributed by atoms with van der Waals surface area (Å²) in [5, 5.41) is 2.03. The first-order valence-electron chi connectivity index (χ1n) is 3.23. The van der Waals surface area contributed by atoms with E-state index >= 15 is 0 Å². The molecule has 0 N–H and O–H groups in total. The number of rotatable bonds is 2. The van der Waals surface area contributed by atoms with Crippen LogP contribution < -0.4 is 4.74 Å². The van der Waals surface area contributed by atoms with E-state index in [0.29, 0.717) is 5.92 Å². The van der Waals surface area contributed by atoms with Crippen molar-refractivity contribution in [2.24, 2.45) is 0 Å². The number of aromatic nitrogens is 1. The summed E-state index contributed by atoms with van der Waals surface area (Å²) in [6.45, 7) is 4.25. The maximum atomic E-state index is 5.00. The highest BCUT2D eigenvalue weighted by Crippen LogP contribution is 2.26. The van der Waals surface area contributed by atoms with Gasteiger partial charge in [-0.2, -0.15) is 0 Å². The van der Waals surface area contributed by atoms with Crippen LogP contribution in [0.5, 0.6) is 5.06 Å². The topological polar surface area (TPSA) is 22.1 Å². The number of hydrogen-bond acceptors (Lipinski definition) is 3. The van der Waals surface area contributed by atoms with E-state index in [2.05, 4.69) is 18.8 Å². The number of thiazole rings is 1. The van der Waals surface area contributed by atoms with Gasteiger partial charge in [-0.15, -0.1) is 0 Å². The van der Waals surface area contributed by atoms with Gasteiger partial charge >= 0.3 is 0 Å². The molecule has 0 aliphatic carbocycles. The first-order valence-corrected chi connectivity index (χ1v) is 4.05.